The van der Waals surface area contributed by atoms with Gasteiger partial charge in [0.15, 0.2) is 0 Å². The van der Waals surface area contributed by atoms with Crippen LogP contribution in [0.3, 0.4) is 0 Å². The van der Waals surface area contributed by atoms with Crippen LogP contribution in [0.25, 0.3) is 0 Å². The molecule has 0 radical (unpaired) electrons. The van der Waals surface area contributed by atoms with E-state index in [0.29, 0.717) is 0 Å². The summed E-state index contributed by atoms with van der Waals surface area (Å²) in [5, 5.41) is 0. The van der Waals surface area contributed by atoms with E-state index in [9.17, 15) is 4.79 Å². The fraction of sp³-hybridized carbons (Fsp3) is 0.650. The minimum atomic E-state index is -0.528. The Morgan fingerprint density at radius 2 is 1.79 bits per heavy atom. The number of nitrogens with zero attached hydrogens (tertiary/aromatic N) is 2. The molecule has 4 rings (SSSR count). The standard InChI is InChI=1S/C20H29N3O/c1-14-2-5-16(6-3-14)19(21)20(24)23-10-8-22(9-11-23)18-13-15-4-7-17(18)12-15/h2-3,5-6,15,17-19H,4,7-13,21H2,1H3. The molecule has 1 saturated heterocycles. The number of piperazine rings is 1. The summed E-state index contributed by atoms with van der Waals surface area (Å²) < 4.78 is 0. The first kappa shape index (κ1) is 16.1. The van der Waals surface area contributed by atoms with Gasteiger partial charge in [0.1, 0.15) is 6.04 Å². The molecule has 24 heavy (non-hydrogen) atoms. The van der Waals surface area contributed by atoms with Crippen LogP contribution >= 0.6 is 0 Å². The van der Waals surface area contributed by atoms with E-state index in [1.54, 1.807) is 0 Å². The third-order valence-corrected chi connectivity index (χ3v) is 6.50. The third-order valence-electron chi connectivity index (χ3n) is 6.50. The van der Waals surface area contributed by atoms with Gasteiger partial charge in [0.25, 0.3) is 0 Å². The van der Waals surface area contributed by atoms with Crippen LogP contribution in [0, 0.1) is 18.8 Å². The lowest BCUT2D eigenvalue weighted by molar-refractivity contribution is -0.135. The number of benzene rings is 1. The molecule has 4 atom stereocenters. The summed E-state index contributed by atoms with van der Waals surface area (Å²) in [6.45, 7) is 5.73. The number of hydrogen-bond donors (Lipinski definition) is 1. The normalized spacial score (nSPS) is 31.4. The maximum absolute atomic E-state index is 12.7. The van der Waals surface area contributed by atoms with Gasteiger partial charge in [0.05, 0.1) is 0 Å². The molecule has 0 aromatic heterocycles. The second kappa shape index (κ2) is 6.49. The van der Waals surface area contributed by atoms with Crippen molar-refractivity contribution < 1.29 is 4.79 Å². The average molecular weight is 327 g/mol. The first-order chi connectivity index (χ1) is 11.6. The van der Waals surface area contributed by atoms with Gasteiger partial charge < -0.3 is 10.6 Å². The van der Waals surface area contributed by atoms with Crippen molar-refractivity contribution in [3.8, 4) is 0 Å². The van der Waals surface area contributed by atoms with Crippen molar-refractivity contribution >= 4 is 5.91 Å². The van der Waals surface area contributed by atoms with Gasteiger partial charge in [0, 0.05) is 32.2 Å². The Bertz CT molecular complexity index is 591. The third kappa shape index (κ3) is 2.98. The number of rotatable bonds is 3. The fourth-order valence-electron chi connectivity index (χ4n) is 5.05. The van der Waals surface area contributed by atoms with Gasteiger partial charge >= 0.3 is 0 Å². The summed E-state index contributed by atoms with van der Waals surface area (Å²) in [5.74, 6) is 1.98. The van der Waals surface area contributed by atoms with Crippen molar-refractivity contribution in [3.63, 3.8) is 0 Å². The molecule has 1 heterocycles. The van der Waals surface area contributed by atoms with E-state index in [-0.39, 0.29) is 5.91 Å². The monoisotopic (exact) mass is 327 g/mol. The van der Waals surface area contributed by atoms with Crippen LogP contribution in [-0.2, 0) is 4.79 Å². The highest BCUT2D eigenvalue weighted by Gasteiger charge is 2.43. The molecule has 1 aromatic carbocycles. The topological polar surface area (TPSA) is 49.6 Å². The maximum Gasteiger partial charge on any atom is 0.244 e. The molecule has 2 bridgehead atoms. The molecular formula is C20H29N3O. The highest BCUT2D eigenvalue weighted by Crippen LogP contribution is 2.46. The maximum atomic E-state index is 12.7. The summed E-state index contributed by atoms with van der Waals surface area (Å²) >= 11 is 0. The van der Waals surface area contributed by atoms with Crippen molar-refractivity contribution in [2.75, 3.05) is 26.2 Å². The molecule has 1 amide bonds. The van der Waals surface area contributed by atoms with Gasteiger partial charge in [-0.25, -0.2) is 0 Å². The number of carbonyl (C=O) groups excluding carboxylic acids is 1. The number of nitrogens with two attached hydrogens (primary N) is 1. The van der Waals surface area contributed by atoms with Gasteiger partial charge in [-0.2, -0.15) is 0 Å². The minimum Gasteiger partial charge on any atom is -0.338 e. The lowest BCUT2D eigenvalue weighted by Crippen LogP contribution is -2.54. The molecule has 4 unspecified atom stereocenters. The Hall–Kier alpha value is -1.39. The zero-order valence-electron chi connectivity index (χ0n) is 14.7. The second-order valence-electron chi connectivity index (χ2n) is 7.99. The van der Waals surface area contributed by atoms with E-state index in [0.717, 1.165) is 49.6 Å². The first-order valence-electron chi connectivity index (χ1n) is 9.47. The Kier molecular flexibility index (Phi) is 4.35. The molecule has 3 aliphatic rings. The van der Waals surface area contributed by atoms with E-state index < -0.39 is 6.04 Å². The molecule has 2 aliphatic carbocycles. The molecule has 0 spiro atoms. The van der Waals surface area contributed by atoms with Crippen LogP contribution in [0.5, 0.6) is 0 Å². The van der Waals surface area contributed by atoms with Crippen molar-refractivity contribution in [1.29, 1.82) is 0 Å². The predicted octanol–water partition coefficient (Wildman–Crippen LogP) is 2.33. The molecule has 4 nitrogen and oxygen atoms in total. The first-order valence-corrected chi connectivity index (χ1v) is 9.47. The van der Waals surface area contributed by atoms with E-state index in [1.165, 1.54) is 31.2 Å². The van der Waals surface area contributed by atoms with Gasteiger partial charge in [-0.15, -0.1) is 0 Å². The van der Waals surface area contributed by atoms with E-state index in [4.69, 9.17) is 5.73 Å². The molecule has 4 heteroatoms. The molecule has 1 aliphatic heterocycles. The molecule has 2 saturated carbocycles. The van der Waals surface area contributed by atoms with Crippen LogP contribution in [0.4, 0.5) is 0 Å². The SMILES string of the molecule is Cc1ccc(C(N)C(=O)N2CCN(C3CC4CCC3C4)CC2)cc1. The Morgan fingerprint density at radius 1 is 1.08 bits per heavy atom. The second-order valence-corrected chi connectivity index (χ2v) is 7.99. The highest BCUT2D eigenvalue weighted by molar-refractivity contribution is 5.83. The Balaban J connectivity index is 1.33. The van der Waals surface area contributed by atoms with Crippen LogP contribution in [-0.4, -0.2) is 47.9 Å². The van der Waals surface area contributed by atoms with E-state index in [1.807, 2.05) is 36.1 Å². The quantitative estimate of drug-likeness (QED) is 0.927. The van der Waals surface area contributed by atoms with Gasteiger partial charge in [-0.1, -0.05) is 36.2 Å². The molecule has 2 N–H and O–H groups in total. The molecule has 3 fully saturated rings. The smallest absolute Gasteiger partial charge is 0.244 e. The van der Waals surface area contributed by atoms with Gasteiger partial charge in [-0.05, 0) is 43.6 Å². The molecule has 130 valence electrons. The summed E-state index contributed by atoms with van der Waals surface area (Å²) in [5.41, 5.74) is 8.33. The fourth-order valence-corrected chi connectivity index (χ4v) is 5.05. The van der Waals surface area contributed by atoms with E-state index >= 15 is 0 Å². The zero-order chi connectivity index (χ0) is 16.7. The number of aryl methyl sites for hydroxylation is 1. The van der Waals surface area contributed by atoms with Gasteiger partial charge in [0.2, 0.25) is 5.91 Å². The number of carbonyl (C=O) groups is 1. The number of hydrogen-bond acceptors (Lipinski definition) is 3. The van der Waals surface area contributed by atoms with Crippen LogP contribution in [0.15, 0.2) is 24.3 Å². The summed E-state index contributed by atoms with van der Waals surface area (Å²) in [6, 6.07) is 8.25. The number of fused-ring (bicyclic) bond motifs is 2. The van der Waals surface area contributed by atoms with Gasteiger partial charge in [-0.3, -0.25) is 9.69 Å². The predicted molar refractivity (Wildman–Crippen MR) is 95.5 cm³/mol. The van der Waals surface area contributed by atoms with Crippen molar-refractivity contribution in [1.82, 2.24) is 9.80 Å². The zero-order valence-corrected chi connectivity index (χ0v) is 14.7. The average Bonchev–Trinajstić information content (AvgIpc) is 3.25. The van der Waals surface area contributed by atoms with Crippen LogP contribution in [0.2, 0.25) is 0 Å². The van der Waals surface area contributed by atoms with Crippen LogP contribution in [0.1, 0.15) is 42.9 Å². The largest absolute Gasteiger partial charge is 0.338 e. The van der Waals surface area contributed by atoms with E-state index in [2.05, 4.69) is 4.90 Å². The van der Waals surface area contributed by atoms with Crippen LogP contribution < -0.4 is 5.73 Å². The number of amides is 1. The summed E-state index contributed by atoms with van der Waals surface area (Å²) in [4.78, 5) is 17.3. The summed E-state index contributed by atoms with van der Waals surface area (Å²) in [7, 11) is 0. The van der Waals surface area contributed by atoms with Crippen molar-refractivity contribution in [3.05, 3.63) is 35.4 Å². The lowest BCUT2D eigenvalue weighted by Gasteiger charge is -2.41. The lowest BCUT2D eigenvalue weighted by atomic mass is 9.93. The minimum absolute atomic E-state index is 0.0754. The molecular weight excluding hydrogens is 298 g/mol. The highest BCUT2D eigenvalue weighted by atomic mass is 16.2. The summed E-state index contributed by atoms with van der Waals surface area (Å²) in [6.07, 6.45) is 5.71. The van der Waals surface area contributed by atoms with Crippen molar-refractivity contribution in [2.24, 2.45) is 17.6 Å². The van der Waals surface area contributed by atoms with Crippen molar-refractivity contribution in [2.45, 2.75) is 44.7 Å². The Labute approximate surface area is 145 Å². The Morgan fingerprint density at radius 3 is 2.38 bits per heavy atom. The molecule has 1 aromatic rings.